The van der Waals surface area contributed by atoms with Gasteiger partial charge in [-0.15, -0.1) is 11.3 Å². The Kier molecular flexibility index (Phi) is 4.85. The predicted octanol–water partition coefficient (Wildman–Crippen LogP) is 3.63. The summed E-state index contributed by atoms with van der Waals surface area (Å²) in [6.45, 7) is 0.398. The molecule has 1 saturated carbocycles. The summed E-state index contributed by atoms with van der Waals surface area (Å²) in [6.07, 6.45) is 3.88. The molecule has 2 aliphatic rings. The summed E-state index contributed by atoms with van der Waals surface area (Å²) in [5, 5.41) is 6.00. The van der Waals surface area contributed by atoms with Crippen molar-refractivity contribution in [2.45, 2.75) is 43.1 Å². The van der Waals surface area contributed by atoms with E-state index < -0.39 is 0 Å². The standard InChI is InChI=1S/C18H20N2O3S2/c21-17(19-11-4-3-5-12(24)8-11)13-10-25-18(20-13)16-9-22-14-6-1-2-7-15(14)23-16/h1-2,6-7,10-12,16,24H,3-5,8-9H2,(H,19,21). The number of thiazole rings is 1. The average Bonchev–Trinajstić information content (AvgIpc) is 3.12. The fourth-order valence-electron chi connectivity index (χ4n) is 3.24. The van der Waals surface area contributed by atoms with Crippen LogP contribution in [-0.4, -0.2) is 28.8 Å². The zero-order valence-corrected chi connectivity index (χ0v) is 15.4. The lowest BCUT2D eigenvalue weighted by Gasteiger charge is -2.26. The summed E-state index contributed by atoms with van der Waals surface area (Å²) >= 11 is 5.96. The zero-order valence-electron chi connectivity index (χ0n) is 13.7. The van der Waals surface area contributed by atoms with Crippen molar-refractivity contribution in [2.24, 2.45) is 0 Å². The van der Waals surface area contributed by atoms with Gasteiger partial charge in [0.05, 0.1) is 0 Å². The molecule has 132 valence electrons. The fourth-order valence-corrected chi connectivity index (χ4v) is 4.48. The molecule has 0 saturated heterocycles. The summed E-state index contributed by atoms with van der Waals surface area (Å²) in [4.78, 5) is 16.9. The quantitative estimate of drug-likeness (QED) is 0.803. The highest BCUT2D eigenvalue weighted by Gasteiger charge is 2.27. The molecule has 1 amide bonds. The molecule has 4 rings (SSSR count). The average molecular weight is 377 g/mol. The maximum Gasteiger partial charge on any atom is 0.270 e. The first-order chi connectivity index (χ1) is 12.2. The van der Waals surface area contributed by atoms with E-state index in [1.54, 1.807) is 5.38 Å². The van der Waals surface area contributed by atoms with Gasteiger partial charge in [0.15, 0.2) is 17.6 Å². The van der Waals surface area contributed by atoms with Crippen molar-refractivity contribution in [1.82, 2.24) is 10.3 Å². The first kappa shape index (κ1) is 16.7. The van der Waals surface area contributed by atoms with E-state index in [-0.39, 0.29) is 18.1 Å². The molecule has 1 N–H and O–H groups in total. The Morgan fingerprint density at radius 2 is 2.12 bits per heavy atom. The van der Waals surface area contributed by atoms with Crippen LogP contribution in [0.2, 0.25) is 0 Å². The number of nitrogens with one attached hydrogen (secondary N) is 1. The van der Waals surface area contributed by atoms with Gasteiger partial charge in [0.1, 0.15) is 17.3 Å². The van der Waals surface area contributed by atoms with E-state index in [9.17, 15) is 4.79 Å². The lowest BCUT2D eigenvalue weighted by Crippen LogP contribution is -2.38. The van der Waals surface area contributed by atoms with Crippen LogP contribution in [0.3, 0.4) is 0 Å². The number of carbonyl (C=O) groups excluding carboxylic acids is 1. The Morgan fingerprint density at radius 1 is 1.28 bits per heavy atom. The van der Waals surface area contributed by atoms with Gasteiger partial charge < -0.3 is 14.8 Å². The molecule has 0 radical (unpaired) electrons. The molecule has 0 bridgehead atoms. The van der Waals surface area contributed by atoms with E-state index in [1.807, 2.05) is 24.3 Å². The molecule has 7 heteroatoms. The lowest BCUT2D eigenvalue weighted by molar-refractivity contribution is 0.0891. The molecule has 2 aromatic rings. The van der Waals surface area contributed by atoms with Crippen LogP contribution in [0.1, 0.15) is 47.3 Å². The summed E-state index contributed by atoms with van der Waals surface area (Å²) in [5.41, 5.74) is 0.448. The van der Waals surface area contributed by atoms with E-state index in [0.29, 0.717) is 23.3 Å². The number of benzene rings is 1. The van der Waals surface area contributed by atoms with Gasteiger partial charge in [0, 0.05) is 16.7 Å². The molecule has 1 fully saturated rings. The van der Waals surface area contributed by atoms with Crippen molar-refractivity contribution >= 4 is 29.9 Å². The molecule has 25 heavy (non-hydrogen) atoms. The minimum atomic E-state index is -0.280. The van der Waals surface area contributed by atoms with Crippen LogP contribution in [0.15, 0.2) is 29.6 Å². The van der Waals surface area contributed by atoms with Crippen LogP contribution in [-0.2, 0) is 0 Å². The normalized spacial score (nSPS) is 25.4. The molecule has 3 atom stereocenters. The Labute approximate surface area is 156 Å². The topological polar surface area (TPSA) is 60.5 Å². The van der Waals surface area contributed by atoms with Gasteiger partial charge in [0.25, 0.3) is 5.91 Å². The molecule has 1 aliphatic heterocycles. The van der Waals surface area contributed by atoms with Gasteiger partial charge in [-0.05, 0) is 31.4 Å². The third kappa shape index (κ3) is 3.77. The number of ether oxygens (including phenoxy) is 2. The fraction of sp³-hybridized carbons (Fsp3) is 0.444. The number of fused-ring (bicyclic) bond motifs is 1. The van der Waals surface area contributed by atoms with Gasteiger partial charge in [-0.3, -0.25) is 4.79 Å². The van der Waals surface area contributed by atoms with Gasteiger partial charge in [-0.1, -0.05) is 18.6 Å². The van der Waals surface area contributed by atoms with Crippen molar-refractivity contribution < 1.29 is 14.3 Å². The van der Waals surface area contributed by atoms with Crippen molar-refractivity contribution in [3.05, 3.63) is 40.3 Å². The van der Waals surface area contributed by atoms with E-state index in [2.05, 4.69) is 22.9 Å². The number of thiol groups is 1. The number of rotatable bonds is 3. The number of hydrogen-bond acceptors (Lipinski definition) is 6. The Balaban J connectivity index is 1.41. The molecular formula is C18H20N2O3S2. The molecular weight excluding hydrogens is 356 g/mol. The first-order valence-corrected chi connectivity index (χ1v) is 9.91. The highest BCUT2D eigenvalue weighted by atomic mass is 32.1. The highest BCUT2D eigenvalue weighted by molar-refractivity contribution is 7.80. The minimum absolute atomic E-state index is 0.118. The van der Waals surface area contributed by atoms with Crippen LogP contribution in [0.4, 0.5) is 0 Å². The van der Waals surface area contributed by atoms with E-state index in [0.717, 1.165) is 36.4 Å². The Morgan fingerprint density at radius 3 is 2.96 bits per heavy atom. The molecule has 0 spiro atoms. The number of para-hydroxylation sites is 2. The third-order valence-corrected chi connectivity index (χ3v) is 5.93. The number of carbonyl (C=O) groups is 1. The van der Waals surface area contributed by atoms with Gasteiger partial charge in [0.2, 0.25) is 0 Å². The summed E-state index contributed by atoms with van der Waals surface area (Å²) in [7, 11) is 0. The predicted molar refractivity (Wildman–Crippen MR) is 99.9 cm³/mol. The summed E-state index contributed by atoms with van der Waals surface area (Å²) in [5.74, 6) is 1.33. The lowest BCUT2D eigenvalue weighted by atomic mass is 9.95. The summed E-state index contributed by atoms with van der Waals surface area (Å²) in [6, 6.07) is 7.76. The van der Waals surface area contributed by atoms with Gasteiger partial charge >= 0.3 is 0 Å². The van der Waals surface area contributed by atoms with Crippen molar-refractivity contribution in [1.29, 1.82) is 0 Å². The van der Waals surface area contributed by atoms with E-state index >= 15 is 0 Å². The van der Waals surface area contributed by atoms with E-state index in [4.69, 9.17) is 9.47 Å². The van der Waals surface area contributed by atoms with Crippen LogP contribution < -0.4 is 14.8 Å². The smallest absolute Gasteiger partial charge is 0.270 e. The largest absolute Gasteiger partial charge is 0.485 e. The van der Waals surface area contributed by atoms with E-state index in [1.165, 1.54) is 11.3 Å². The highest BCUT2D eigenvalue weighted by Crippen LogP contribution is 2.36. The maximum atomic E-state index is 12.5. The van der Waals surface area contributed by atoms with Crippen molar-refractivity contribution in [3.63, 3.8) is 0 Å². The number of aromatic nitrogens is 1. The molecule has 3 unspecified atom stereocenters. The second-order valence-electron chi connectivity index (χ2n) is 6.43. The van der Waals surface area contributed by atoms with Crippen LogP contribution in [0.25, 0.3) is 0 Å². The maximum absolute atomic E-state index is 12.5. The zero-order chi connectivity index (χ0) is 17.2. The Hall–Kier alpha value is -1.73. The van der Waals surface area contributed by atoms with Crippen LogP contribution >= 0.6 is 24.0 Å². The third-order valence-electron chi connectivity index (χ3n) is 4.52. The summed E-state index contributed by atoms with van der Waals surface area (Å²) < 4.78 is 11.7. The SMILES string of the molecule is O=C(NC1CCCC(S)C1)c1csc(C2COc3ccccc3O2)n1. The minimum Gasteiger partial charge on any atom is -0.485 e. The number of hydrogen-bond donors (Lipinski definition) is 2. The second kappa shape index (κ2) is 7.25. The molecule has 1 aromatic heterocycles. The molecule has 2 heterocycles. The number of amides is 1. The molecule has 1 aromatic carbocycles. The second-order valence-corrected chi connectivity index (χ2v) is 8.05. The van der Waals surface area contributed by atoms with Crippen LogP contribution in [0, 0.1) is 0 Å². The monoisotopic (exact) mass is 376 g/mol. The van der Waals surface area contributed by atoms with Crippen LogP contribution in [0.5, 0.6) is 11.5 Å². The molecule has 1 aliphatic carbocycles. The van der Waals surface area contributed by atoms with Crippen molar-refractivity contribution in [2.75, 3.05) is 6.61 Å². The Bertz CT molecular complexity index is 764. The van der Waals surface area contributed by atoms with Gasteiger partial charge in [-0.2, -0.15) is 12.6 Å². The number of nitrogens with zero attached hydrogens (tertiary/aromatic N) is 1. The molecule has 5 nitrogen and oxygen atoms in total. The van der Waals surface area contributed by atoms with Crippen molar-refractivity contribution in [3.8, 4) is 11.5 Å². The van der Waals surface area contributed by atoms with Gasteiger partial charge in [-0.25, -0.2) is 4.98 Å². The first-order valence-electron chi connectivity index (χ1n) is 8.52.